The molecule has 3 nitrogen and oxygen atoms in total. The van der Waals surface area contributed by atoms with Crippen LogP contribution < -0.4 is 10.5 Å². The third-order valence-corrected chi connectivity index (χ3v) is 2.12. The Morgan fingerprint density at radius 3 is 2.76 bits per heavy atom. The average Bonchev–Trinajstić information content (AvgIpc) is 2.26. The summed E-state index contributed by atoms with van der Waals surface area (Å²) in [5, 5.41) is 0.643. The van der Waals surface area contributed by atoms with Gasteiger partial charge in [0.15, 0.2) is 6.61 Å². The van der Waals surface area contributed by atoms with Crippen molar-refractivity contribution in [3.8, 4) is 5.75 Å². The van der Waals surface area contributed by atoms with E-state index in [-0.39, 0.29) is 5.75 Å². The molecule has 0 aliphatic rings. The first-order chi connectivity index (χ1) is 7.96. The van der Waals surface area contributed by atoms with E-state index in [0.717, 1.165) is 0 Å². The minimum atomic E-state index is -4.36. The number of ether oxygens (including phenoxy) is 1. The van der Waals surface area contributed by atoms with Crippen LogP contribution in [0.5, 0.6) is 5.75 Å². The van der Waals surface area contributed by atoms with Crippen molar-refractivity contribution in [3.05, 3.63) is 30.5 Å². The summed E-state index contributed by atoms with van der Waals surface area (Å²) < 4.78 is 40.5. The lowest BCUT2D eigenvalue weighted by atomic mass is 10.2. The number of pyridine rings is 1. The summed E-state index contributed by atoms with van der Waals surface area (Å²) in [5.41, 5.74) is 6.69. The molecule has 1 heterocycles. The molecule has 17 heavy (non-hydrogen) atoms. The summed E-state index contributed by atoms with van der Waals surface area (Å²) >= 11 is 0. The second-order valence-electron chi connectivity index (χ2n) is 3.49. The zero-order chi connectivity index (χ0) is 12.5. The second-order valence-corrected chi connectivity index (χ2v) is 3.49. The molecule has 0 atom stereocenters. The lowest BCUT2D eigenvalue weighted by molar-refractivity contribution is -0.153. The molecule has 0 aliphatic carbocycles. The van der Waals surface area contributed by atoms with Gasteiger partial charge >= 0.3 is 6.18 Å². The molecule has 0 fully saturated rings. The van der Waals surface area contributed by atoms with Crippen LogP contribution >= 0.6 is 0 Å². The molecule has 1 aromatic heterocycles. The average molecular weight is 242 g/mol. The van der Waals surface area contributed by atoms with Gasteiger partial charge in [-0.15, -0.1) is 0 Å². The summed E-state index contributed by atoms with van der Waals surface area (Å²) in [6.07, 6.45) is -3.13. The molecule has 0 saturated carbocycles. The number of nitrogens with zero attached hydrogens (tertiary/aromatic N) is 1. The Bertz CT molecular complexity index is 540. The van der Waals surface area contributed by atoms with E-state index in [1.807, 2.05) is 0 Å². The third kappa shape index (κ3) is 2.77. The van der Waals surface area contributed by atoms with Crippen molar-refractivity contribution < 1.29 is 17.9 Å². The molecule has 0 saturated heterocycles. The van der Waals surface area contributed by atoms with Crippen molar-refractivity contribution in [1.29, 1.82) is 0 Å². The molecule has 2 N–H and O–H groups in total. The SMILES string of the molecule is Nc1cccc2cc(OCC(F)(F)F)cnc12. The van der Waals surface area contributed by atoms with Gasteiger partial charge in [0.1, 0.15) is 5.75 Å². The largest absolute Gasteiger partial charge is 0.482 e. The molecule has 2 aromatic rings. The molecule has 0 radical (unpaired) electrons. The molecular formula is C11H9F3N2O. The van der Waals surface area contributed by atoms with Crippen molar-refractivity contribution in [2.45, 2.75) is 6.18 Å². The summed E-state index contributed by atoms with van der Waals surface area (Å²) in [5.74, 6) is 0.0698. The van der Waals surface area contributed by atoms with Gasteiger partial charge in [-0.3, -0.25) is 4.98 Å². The molecule has 0 unspecified atom stereocenters. The van der Waals surface area contributed by atoms with E-state index in [1.165, 1.54) is 12.3 Å². The van der Waals surface area contributed by atoms with Crippen molar-refractivity contribution in [1.82, 2.24) is 4.98 Å². The summed E-state index contributed by atoms with van der Waals surface area (Å²) in [6, 6.07) is 6.56. The van der Waals surface area contributed by atoms with Crippen molar-refractivity contribution >= 4 is 16.6 Å². The number of fused-ring (bicyclic) bond motifs is 1. The van der Waals surface area contributed by atoms with E-state index in [0.29, 0.717) is 16.6 Å². The highest BCUT2D eigenvalue weighted by atomic mass is 19.4. The fourth-order valence-corrected chi connectivity index (χ4v) is 1.41. The Hall–Kier alpha value is -1.98. The van der Waals surface area contributed by atoms with Crippen LogP contribution in [0, 0.1) is 0 Å². The summed E-state index contributed by atoms with van der Waals surface area (Å²) in [6.45, 7) is -1.33. The number of para-hydroxylation sites is 1. The van der Waals surface area contributed by atoms with E-state index < -0.39 is 12.8 Å². The minimum absolute atomic E-state index is 0.0698. The van der Waals surface area contributed by atoms with E-state index >= 15 is 0 Å². The maximum atomic E-state index is 12.0. The highest BCUT2D eigenvalue weighted by Gasteiger charge is 2.28. The zero-order valence-corrected chi connectivity index (χ0v) is 8.66. The topological polar surface area (TPSA) is 48.1 Å². The quantitative estimate of drug-likeness (QED) is 0.824. The predicted molar refractivity (Wildman–Crippen MR) is 57.7 cm³/mol. The van der Waals surface area contributed by atoms with Gasteiger partial charge in [0, 0.05) is 5.39 Å². The van der Waals surface area contributed by atoms with Crippen LogP contribution in [0.4, 0.5) is 18.9 Å². The number of alkyl halides is 3. The van der Waals surface area contributed by atoms with Crippen molar-refractivity contribution in [2.24, 2.45) is 0 Å². The molecule has 0 bridgehead atoms. The second kappa shape index (κ2) is 4.12. The minimum Gasteiger partial charge on any atom is -0.482 e. The monoisotopic (exact) mass is 242 g/mol. The normalized spacial score (nSPS) is 11.7. The van der Waals surface area contributed by atoms with Crippen LogP contribution in [-0.2, 0) is 0 Å². The van der Waals surface area contributed by atoms with Gasteiger partial charge in [0.2, 0.25) is 0 Å². The molecule has 2 rings (SSSR count). The molecule has 0 amide bonds. The van der Waals surface area contributed by atoms with E-state index in [2.05, 4.69) is 9.72 Å². The number of rotatable bonds is 2. The molecule has 0 spiro atoms. The number of nitrogen functional groups attached to an aromatic ring is 1. The Balaban J connectivity index is 2.26. The van der Waals surface area contributed by atoms with Gasteiger partial charge in [-0.2, -0.15) is 13.2 Å². The maximum absolute atomic E-state index is 12.0. The van der Waals surface area contributed by atoms with Gasteiger partial charge in [-0.25, -0.2) is 0 Å². The first-order valence-electron chi connectivity index (χ1n) is 4.79. The lowest BCUT2D eigenvalue weighted by Gasteiger charge is -2.09. The van der Waals surface area contributed by atoms with Gasteiger partial charge in [0.05, 0.1) is 17.4 Å². The molecule has 90 valence electrons. The molecule has 6 heteroatoms. The fourth-order valence-electron chi connectivity index (χ4n) is 1.41. The number of benzene rings is 1. The van der Waals surface area contributed by atoms with E-state index in [1.54, 1.807) is 18.2 Å². The van der Waals surface area contributed by atoms with E-state index in [4.69, 9.17) is 5.73 Å². The van der Waals surface area contributed by atoms with Gasteiger partial charge in [-0.1, -0.05) is 12.1 Å². The first kappa shape index (κ1) is 11.5. The van der Waals surface area contributed by atoms with Crippen LogP contribution in [0.15, 0.2) is 30.5 Å². The summed E-state index contributed by atoms with van der Waals surface area (Å²) in [7, 11) is 0. The summed E-state index contributed by atoms with van der Waals surface area (Å²) in [4.78, 5) is 3.96. The zero-order valence-electron chi connectivity index (χ0n) is 8.66. The first-order valence-corrected chi connectivity index (χ1v) is 4.79. The third-order valence-electron chi connectivity index (χ3n) is 2.12. The number of anilines is 1. The van der Waals surface area contributed by atoms with Crippen LogP contribution in [0.3, 0.4) is 0 Å². The Morgan fingerprint density at radius 1 is 1.29 bits per heavy atom. The van der Waals surface area contributed by atoms with Gasteiger partial charge < -0.3 is 10.5 Å². The number of hydrogen-bond acceptors (Lipinski definition) is 3. The number of halogens is 3. The predicted octanol–water partition coefficient (Wildman–Crippen LogP) is 2.76. The van der Waals surface area contributed by atoms with Crippen molar-refractivity contribution in [2.75, 3.05) is 12.3 Å². The smallest absolute Gasteiger partial charge is 0.422 e. The molecular weight excluding hydrogens is 233 g/mol. The standard InChI is InChI=1S/C11H9F3N2O/c12-11(13,14)6-17-8-4-7-2-1-3-9(15)10(7)16-5-8/h1-5H,6,15H2. The number of hydrogen-bond donors (Lipinski definition) is 1. The van der Waals surface area contributed by atoms with Gasteiger partial charge in [-0.05, 0) is 12.1 Å². The Morgan fingerprint density at radius 2 is 2.06 bits per heavy atom. The lowest BCUT2D eigenvalue weighted by Crippen LogP contribution is -2.19. The van der Waals surface area contributed by atoms with Crippen LogP contribution in [-0.4, -0.2) is 17.8 Å². The molecule has 1 aromatic carbocycles. The Kier molecular flexibility index (Phi) is 2.79. The van der Waals surface area contributed by atoms with Crippen molar-refractivity contribution in [3.63, 3.8) is 0 Å². The van der Waals surface area contributed by atoms with Crippen LogP contribution in [0.2, 0.25) is 0 Å². The van der Waals surface area contributed by atoms with Gasteiger partial charge in [0.25, 0.3) is 0 Å². The highest BCUT2D eigenvalue weighted by molar-refractivity contribution is 5.89. The van der Waals surface area contributed by atoms with Crippen LogP contribution in [0.25, 0.3) is 10.9 Å². The van der Waals surface area contributed by atoms with E-state index in [9.17, 15) is 13.2 Å². The maximum Gasteiger partial charge on any atom is 0.422 e. The van der Waals surface area contributed by atoms with Crippen LogP contribution in [0.1, 0.15) is 0 Å². The highest BCUT2D eigenvalue weighted by Crippen LogP contribution is 2.24. The number of nitrogens with two attached hydrogens (primary N) is 1. The molecule has 0 aliphatic heterocycles. The Labute approximate surface area is 95.0 Å². The fraction of sp³-hybridized carbons (Fsp3) is 0.182. The number of aromatic nitrogens is 1.